The van der Waals surface area contributed by atoms with Crippen molar-refractivity contribution >= 4 is 11.6 Å². The van der Waals surface area contributed by atoms with Crippen molar-refractivity contribution in [2.75, 3.05) is 13.2 Å². The topological polar surface area (TPSA) is 68.5 Å². The van der Waals surface area contributed by atoms with Gasteiger partial charge in [-0.2, -0.15) is 18.3 Å². The van der Waals surface area contributed by atoms with Crippen LogP contribution in [0.2, 0.25) is 0 Å². The van der Waals surface area contributed by atoms with Crippen LogP contribution in [0.5, 0.6) is 0 Å². The summed E-state index contributed by atoms with van der Waals surface area (Å²) in [6.45, 7) is 1.10. The molecule has 3 rings (SSSR count). The first-order chi connectivity index (χ1) is 10.4. The second kappa shape index (κ2) is 5.56. The van der Waals surface area contributed by atoms with Crippen LogP contribution < -0.4 is 5.32 Å². The highest BCUT2D eigenvalue weighted by Crippen LogP contribution is 2.28. The van der Waals surface area contributed by atoms with E-state index in [-0.39, 0.29) is 17.4 Å². The summed E-state index contributed by atoms with van der Waals surface area (Å²) >= 11 is 0. The van der Waals surface area contributed by atoms with E-state index in [1.807, 2.05) is 0 Å². The van der Waals surface area contributed by atoms with Crippen LogP contribution in [0.1, 0.15) is 29.0 Å². The maximum absolute atomic E-state index is 12.9. The second-order valence-electron chi connectivity index (χ2n) is 4.99. The molecule has 0 radical (unpaired) electrons. The Morgan fingerprint density at radius 1 is 1.36 bits per heavy atom. The number of aromatic nitrogens is 3. The van der Waals surface area contributed by atoms with Crippen LogP contribution >= 0.6 is 0 Å². The molecule has 0 spiro atoms. The Labute approximate surface area is 123 Å². The van der Waals surface area contributed by atoms with Gasteiger partial charge in [0.15, 0.2) is 11.3 Å². The molecule has 0 aromatic carbocycles. The van der Waals surface area contributed by atoms with Crippen molar-refractivity contribution < 1.29 is 22.7 Å². The van der Waals surface area contributed by atoms with Gasteiger partial charge in [-0.1, -0.05) is 0 Å². The van der Waals surface area contributed by atoms with E-state index < -0.39 is 17.8 Å². The number of rotatable bonds is 2. The molecule has 22 heavy (non-hydrogen) atoms. The predicted octanol–water partition coefficient (Wildman–Crippen LogP) is 1.66. The van der Waals surface area contributed by atoms with Crippen molar-refractivity contribution in [1.29, 1.82) is 0 Å². The molecule has 118 valence electrons. The van der Waals surface area contributed by atoms with Crippen LogP contribution in [0, 0.1) is 0 Å². The SMILES string of the molecule is O=C(NC1CCOCC1)c1cc2nccc(C(F)(F)F)n2n1. The number of fused-ring (bicyclic) bond motifs is 1. The van der Waals surface area contributed by atoms with Gasteiger partial charge in [0.2, 0.25) is 0 Å². The zero-order chi connectivity index (χ0) is 15.7. The van der Waals surface area contributed by atoms with Gasteiger partial charge < -0.3 is 10.1 Å². The molecule has 0 atom stereocenters. The summed E-state index contributed by atoms with van der Waals surface area (Å²) in [6, 6.07) is 2.01. The lowest BCUT2D eigenvalue weighted by molar-refractivity contribution is -0.142. The van der Waals surface area contributed by atoms with Gasteiger partial charge in [-0.15, -0.1) is 0 Å². The Bertz CT molecular complexity index is 692. The summed E-state index contributed by atoms with van der Waals surface area (Å²) in [5, 5.41) is 6.49. The van der Waals surface area contributed by atoms with Crippen LogP contribution in [-0.4, -0.2) is 39.8 Å². The molecule has 0 unspecified atom stereocenters. The third kappa shape index (κ3) is 2.89. The third-order valence-corrected chi connectivity index (χ3v) is 3.44. The fourth-order valence-corrected chi connectivity index (χ4v) is 2.32. The summed E-state index contributed by atoms with van der Waals surface area (Å²) in [7, 11) is 0. The highest BCUT2D eigenvalue weighted by Gasteiger charge is 2.34. The van der Waals surface area contributed by atoms with Gasteiger partial charge in [0.05, 0.1) is 0 Å². The molecule has 1 N–H and O–H groups in total. The minimum Gasteiger partial charge on any atom is -0.381 e. The Morgan fingerprint density at radius 3 is 2.77 bits per heavy atom. The highest BCUT2D eigenvalue weighted by atomic mass is 19.4. The van der Waals surface area contributed by atoms with E-state index in [0.717, 1.165) is 12.3 Å². The average Bonchev–Trinajstić information content (AvgIpc) is 2.91. The monoisotopic (exact) mass is 314 g/mol. The summed E-state index contributed by atoms with van der Waals surface area (Å²) in [4.78, 5) is 15.9. The smallest absolute Gasteiger partial charge is 0.381 e. The van der Waals surface area contributed by atoms with Crippen LogP contribution in [0.15, 0.2) is 18.3 Å². The van der Waals surface area contributed by atoms with Gasteiger partial charge in [0, 0.05) is 31.5 Å². The molecule has 1 amide bonds. The molecular weight excluding hydrogens is 301 g/mol. The number of amides is 1. The first-order valence-electron chi connectivity index (χ1n) is 6.76. The quantitative estimate of drug-likeness (QED) is 0.915. The van der Waals surface area contributed by atoms with E-state index in [0.29, 0.717) is 30.6 Å². The fourth-order valence-electron chi connectivity index (χ4n) is 2.32. The number of halogens is 3. The first-order valence-corrected chi connectivity index (χ1v) is 6.76. The Kier molecular flexibility index (Phi) is 3.73. The Hall–Kier alpha value is -2.16. The maximum atomic E-state index is 12.9. The van der Waals surface area contributed by atoms with Crippen LogP contribution in [0.25, 0.3) is 5.65 Å². The molecule has 0 bridgehead atoms. The van der Waals surface area contributed by atoms with E-state index in [1.165, 1.54) is 6.07 Å². The van der Waals surface area contributed by atoms with Gasteiger partial charge in [-0.3, -0.25) is 4.79 Å². The number of alkyl halides is 3. The van der Waals surface area contributed by atoms with Crippen LogP contribution in [0.4, 0.5) is 13.2 Å². The van der Waals surface area contributed by atoms with Crippen molar-refractivity contribution in [1.82, 2.24) is 19.9 Å². The average molecular weight is 314 g/mol. The predicted molar refractivity (Wildman–Crippen MR) is 69.3 cm³/mol. The molecular formula is C13H13F3N4O2. The number of ether oxygens (including phenoxy) is 1. The van der Waals surface area contributed by atoms with E-state index >= 15 is 0 Å². The largest absolute Gasteiger partial charge is 0.433 e. The fraction of sp³-hybridized carbons (Fsp3) is 0.462. The standard InChI is InChI=1S/C13H13F3N4O2/c14-13(15,16)10-1-4-17-11-7-9(19-20(10)11)12(21)18-8-2-5-22-6-3-8/h1,4,7-8H,2-3,5-6H2,(H,18,21). The van der Waals surface area contributed by atoms with Gasteiger partial charge in [-0.25, -0.2) is 9.50 Å². The van der Waals surface area contributed by atoms with Gasteiger partial charge in [0.25, 0.3) is 5.91 Å². The van der Waals surface area contributed by atoms with Crippen LogP contribution in [0.3, 0.4) is 0 Å². The molecule has 1 aliphatic rings. The van der Waals surface area contributed by atoms with E-state index in [9.17, 15) is 18.0 Å². The van der Waals surface area contributed by atoms with E-state index in [4.69, 9.17) is 4.74 Å². The number of hydrogen-bond donors (Lipinski definition) is 1. The summed E-state index contributed by atoms with van der Waals surface area (Å²) in [5.74, 6) is -0.509. The van der Waals surface area contributed by atoms with Crippen molar-refractivity contribution in [3.63, 3.8) is 0 Å². The lowest BCUT2D eigenvalue weighted by Crippen LogP contribution is -2.39. The summed E-state index contributed by atoms with van der Waals surface area (Å²) < 4.78 is 44.5. The molecule has 2 aromatic rings. The highest BCUT2D eigenvalue weighted by molar-refractivity contribution is 5.93. The Morgan fingerprint density at radius 2 is 2.09 bits per heavy atom. The zero-order valence-corrected chi connectivity index (χ0v) is 11.4. The van der Waals surface area contributed by atoms with Gasteiger partial charge >= 0.3 is 6.18 Å². The molecule has 0 saturated carbocycles. The van der Waals surface area contributed by atoms with Gasteiger partial charge in [-0.05, 0) is 18.9 Å². The lowest BCUT2D eigenvalue weighted by atomic mass is 10.1. The number of nitrogens with one attached hydrogen (secondary N) is 1. The molecule has 9 heteroatoms. The molecule has 2 aromatic heterocycles. The molecule has 0 aliphatic carbocycles. The first kappa shape index (κ1) is 14.8. The Balaban J connectivity index is 1.87. The number of carbonyl (C=O) groups is 1. The zero-order valence-electron chi connectivity index (χ0n) is 11.4. The number of carbonyl (C=O) groups excluding carboxylic acids is 1. The van der Waals surface area contributed by atoms with Crippen LogP contribution in [-0.2, 0) is 10.9 Å². The molecule has 1 saturated heterocycles. The third-order valence-electron chi connectivity index (χ3n) is 3.44. The number of hydrogen-bond acceptors (Lipinski definition) is 4. The van der Waals surface area contributed by atoms with Crippen molar-refractivity contribution in [2.45, 2.75) is 25.1 Å². The molecule has 1 fully saturated rings. The van der Waals surface area contributed by atoms with Crippen molar-refractivity contribution in [3.8, 4) is 0 Å². The molecule has 6 nitrogen and oxygen atoms in total. The summed E-state index contributed by atoms with van der Waals surface area (Å²) in [6.07, 6.45) is -2.18. The van der Waals surface area contributed by atoms with Crippen molar-refractivity contribution in [3.05, 3.63) is 29.7 Å². The van der Waals surface area contributed by atoms with E-state index in [1.54, 1.807) is 0 Å². The van der Waals surface area contributed by atoms with Gasteiger partial charge in [0.1, 0.15) is 5.69 Å². The normalized spacial score (nSPS) is 16.9. The van der Waals surface area contributed by atoms with E-state index in [2.05, 4.69) is 15.4 Å². The maximum Gasteiger partial charge on any atom is 0.433 e. The van der Waals surface area contributed by atoms with Crippen molar-refractivity contribution in [2.24, 2.45) is 0 Å². The summed E-state index contributed by atoms with van der Waals surface area (Å²) in [5.41, 5.74) is -1.08. The minimum atomic E-state index is -4.57. The minimum absolute atomic E-state index is 0.0213. The number of nitrogens with zero attached hydrogens (tertiary/aromatic N) is 3. The second-order valence-corrected chi connectivity index (χ2v) is 4.99. The molecule has 3 heterocycles. The molecule has 1 aliphatic heterocycles. The lowest BCUT2D eigenvalue weighted by Gasteiger charge is -2.22.